The summed E-state index contributed by atoms with van der Waals surface area (Å²) < 4.78 is 0. The zero-order chi connectivity index (χ0) is 32.8. The van der Waals surface area contributed by atoms with E-state index in [0.29, 0.717) is 5.56 Å². The van der Waals surface area contributed by atoms with Crippen LogP contribution in [0.25, 0.3) is 32.3 Å². The Morgan fingerprint density at radius 1 is 0.438 bits per heavy atom. The highest BCUT2D eigenvalue weighted by Crippen LogP contribution is 2.47. The van der Waals surface area contributed by atoms with Gasteiger partial charge in [0, 0.05) is 27.8 Å². The summed E-state index contributed by atoms with van der Waals surface area (Å²) in [5, 5.41) is 18.9. The van der Waals surface area contributed by atoms with Gasteiger partial charge in [-0.2, -0.15) is 5.26 Å². The molecule has 0 aliphatic rings. The van der Waals surface area contributed by atoms with Gasteiger partial charge in [0.05, 0.1) is 30.7 Å². The van der Waals surface area contributed by atoms with E-state index in [-0.39, 0.29) is 0 Å². The maximum atomic E-state index is 10.3. The van der Waals surface area contributed by atoms with Gasteiger partial charge in [-0.1, -0.05) is 123 Å². The van der Waals surface area contributed by atoms with Crippen LogP contribution >= 0.6 is 0 Å². The molecule has 8 aromatic rings. The fourth-order valence-electron chi connectivity index (χ4n) is 7.20. The minimum Gasteiger partial charge on any atom is -0.310 e. The first-order chi connectivity index (χ1) is 23.4. The molecule has 0 aliphatic carbocycles. The van der Waals surface area contributed by atoms with E-state index in [1.165, 1.54) is 32.1 Å². The Morgan fingerprint density at radius 3 is 1.44 bits per heavy atom. The molecule has 3 nitrogen and oxygen atoms in total. The molecule has 0 atom stereocenters. The van der Waals surface area contributed by atoms with Crippen molar-refractivity contribution in [2.75, 3.05) is 9.80 Å². The molecular weight excluding hydrogens is 599 g/mol. The van der Waals surface area contributed by atoms with E-state index in [1.54, 1.807) is 0 Å². The summed E-state index contributed by atoms with van der Waals surface area (Å²) in [5.74, 6) is 0. The first kappa shape index (κ1) is 29.5. The average Bonchev–Trinajstić information content (AvgIpc) is 3.12. The number of para-hydroxylation sites is 4. The lowest BCUT2D eigenvalue weighted by Crippen LogP contribution is -2.40. The SMILES string of the molecule is C[Si](C)(C)c1ccccc1N(c1ccccc1C#N)c1ccc2ccc3c(N(c4ccccc4)c4ccccc4)ccc4ccc1c2c43. The molecule has 0 unspecified atom stereocenters. The molecule has 48 heavy (non-hydrogen) atoms. The molecule has 0 heterocycles. The van der Waals surface area contributed by atoms with Gasteiger partial charge in [0.25, 0.3) is 0 Å². The molecule has 0 bridgehead atoms. The first-order valence-electron chi connectivity index (χ1n) is 16.4. The number of hydrogen-bond acceptors (Lipinski definition) is 3. The highest BCUT2D eigenvalue weighted by molar-refractivity contribution is 6.89. The Morgan fingerprint density at radius 2 is 0.896 bits per heavy atom. The average molecular weight is 634 g/mol. The lowest BCUT2D eigenvalue weighted by Gasteiger charge is -2.33. The molecule has 0 aromatic heterocycles. The molecule has 4 heteroatoms. The van der Waals surface area contributed by atoms with Gasteiger partial charge in [0.15, 0.2) is 0 Å². The van der Waals surface area contributed by atoms with Gasteiger partial charge in [0.2, 0.25) is 0 Å². The van der Waals surface area contributed by atoms with Crippen molar-refractivity contribution in [3.05, 3.63) is 163 Å². The van der Waals surface area contributed by atoms with Gasteiger partial charge in [0.1, 0.15) is 6.07 Å². The molecule has 0 saturated heterocycles. The molecule has 0 N–H and O–H groups in total. The van der Waals surface area contributed by atoms with Gasteiger partial charge in [-0.15, -0.1) is 0 Å². The number of nitriles is 1. The van der Waals surface area contributed by atoms with Crippen LogP contribution in [0.4, 0.5) is 34.1 Å². The van der Waals surface area contributed by atoms with Crippen LogP contribution in [-0.2, 0) is 0 Å². The maximum Gasteiger partial charge on any atom is 0.101 e. The highest BCUT2D eigenvalue weighted by atomic mass is 28.3. The van der Waals surface area contributed by atoms with Gasteiger partial charge in [-0.3, -0.25) is 0 Å². The first-order valence-corrected chi connectivity index (χ1v) is 19.9. The predicted molar refractivity (Wildman–Crippen MR) is 207 cm³/mol. The summed E-state index contributed by atoms with van der Waals surface area (Å²) in [4.78, 5) is 4.69. The molecule has 230 valence electrons. The topological polar surface area (TPSA) is 30.3 Å². The number of hydrogen-bond donors (Lipinski definition) is 0. The second kappa shape index (κ2) is 11.7. The summed E-state index contributed by atoms with van der Waals surface area (Å²) in [5.41, 5.74) is 7.10. The number of rotatable bonds is 7. The second-order valence-corrected chi connectivity index (χ2v) is 18.4. The summed E-state index contributed by atoms with van der Waals surface area (Å²) >= 11 is 0. The maximum absolute atomic E-state index is 10.3. The van der Waals surface area contributed by atoms with E-state index in [0.717, 1.165) is 39.5 Å². The second-order valence-electron chi connectivity index (χ2n) is 13.3. The van der Waals surface area contributed by atoms with E-state index in [1.807, 2.05) is 18.2 Å². The highest BCUT2D eigenvalue weighted by Gasteiger charge is 2.27. The van der Waals surface area contributed by atoms with Gasteiger partial charge < -0.3 is 9.80 Å². The Balaban J connectivity index is 1.44. The molecule has 0 fully saturated rings. The van der Waals surface area contributed by atoms with Gasteiger partial charge in [-0.25, -0.2) is 0 Å². The smallest absolute Gasteiger partial charge is 0.101 e. The van der Waals surface area contributed by atoms with Crippen molar-refractivity contribution in [3.63, 3.8) is 0 Å². The van der Waals surface area contributed by atoms with E-state index < -0.39 is 8.07 Å². The molecule has 0 aliphatic heterocycles. The number of benzene rings is 8. The number of anilines is 6. The minimum atomic E-state index is -1.78. The quantitative estimate of drug-likeness (QED) is 0.129. The Labute approximate surface area is 282 Å². The Kier molecular flexibility index (Phi) is 7.21. The van der Waals surface area contributed by atoms with E-state index >= 15 is 0 Å². The Bertz CT molecular complexity index is 2420. The molecule has 0 spiro atoms. The van der Waals surface area contributed by atoms with Crippen molar-refractivity contribution < 1.29 is 0 Å². The van der Waals surface area contributed by atoms with E-state index in [9.17, 15) is 5.26 Å². The summed E-state index contributed by atoms with van der Waals surface area (Å²) in [7, 11) is -1.78. The van der Waals surface area contributed by atoms with Crippen molar-refractivity contribution in [1.29, 1.82) is 5.26 Å². The lowest BCUT2D eigenvalue weighted by molar-refractivity contribution is 1.29. The standard InChI is InChI=1S/C44H35N3Si/c1-48(2,3)42-21-13-12-20-41(42)47(38-19-11-10-14-33(38)30-45)40-29-25-32-22-26-36-39(28-24-31-23-27-37(40)44(32)43(31)36)46(34-15-6-4-7-16-34)35-17-8-5-9-18-35/h4-29H,1-3H3. The van der Waals surface area contributed by atoms with Crippen LogP contribution in [0.1, 0.15) is 5.56 Å². The van der Waals surface area contributed by atoms with Gasteiger partial charge >= 0.3 is 0 Å². The minimum absolute atomic E-state index is 0.650. The van der Waals surface area contributed by atoms with Crippen molar-refractivity contribution in [3.8, 4) is 6.07 Å². The monoisotopic (exact) mass is 633 g/mol. The third-order valence-corrected chi connectivity index (χ3v) is 11.4. The van der Waals surface area contributed by atoms with Crippen LogP contribution < -0.4 is 15.0 Å². The van der Waals surface area contributed by atoms with E-state index in [2.05, 4.69) is 175 Å². The fourth-order valence-corrected chi connectivity index (χ4v) is 8.76. The number of nitrogens with zero attached hydrogens (tertiary/aromatic N) is 3. The molecule has 8 rings (SSSR count). The molecule has 0 amide bonds. The van der Waals surface area contributed by atoms with Gasteiger partial charge in [-0.05, 0) is 81.3 Å². The van der Waals surface area contributed by atoms with Crippen molar-refractivity contribution in [1.82, 2.24) is 0 Å². The lowest BCUT2D eigenvalue weighted by atomic mass is 9.91. The van der Waals surface area contributed by atoms with Crippen LogP contribution in [0.3, 0.4) is 0 Å². The summed E-state index contributed by atoms with van der Waals surface area (Å²) in [6.45, 7) is 7.16. The molecule has 0 saturated carbocycles. The van der Waals surface area contributed by atoms with E-state index in [4.69, 9.17) is 0 Å². The normalized spacial score (nSPS) is 11.6. The molecule has 8 aromatic carbocycles. The van der Waals surface area contributed by atoms with Crippen molar-refractivity contribution in [2.24, 2.45) is 0 Å². The van der Waals surface area contributed by atoms with Crippen LogP contribution in [0, 0.1) is 11.3 Å². The molecular formula is C44H35N3Si. The fraction of sp³-hybridized carbons (Fsp3) is 0.0682. The Hall–Kier alpha value is -5.89. The predicted octanol–water partition coefficient (Wildman–Crippen LogP) is 11.9. The van der Waals surface area contributed by atoms with Crippen LogP contribution in [0.15, 0.2) is 158 Å². The van der Waals surface area contributed by atoms with Crippen molar-refractivity contribution in [2.45, 2.75) is 19.6 Å². The third kappa shape index (κ3) is 4.88. The van der Waals surface area contributed by atoms with Crippen LogP contribution in [-0.4, -0.2) is 8.07 Å². The van der Waals surface area contributed by atoms with Crippen LogP contribution in [0.5, 0.6) is 0 Å². The molecule has 0 radical (unpaired) electrons. The largest absolute Gasteiger partial charge is 0.310 e. The zero-order valence-corrected chi connectivity index (χ0v) is 28.4. The van der Waals surface area contributed by atoms with Crippen molar-refractivity contribution >= 4 is 79.7 Å². The third-order valence-electron chi connectivity index (χ3n) is 9.35. The summed E-state index contributed by atoms with van der Waals surface area (Å²) in [6.07, 6.45) is 0. The summed E-state index contributed by atoms with van der Waals surface area (Å²) in [6, 6.07) is 58.5. The van der Waals surface area contributed by atoms with Crippen LogP contribution in [0.2, 0.25) is 19.6 Å². The zero-order valence-electron chi connectivity index (χ0n) is 27.4.